The molecule has 1 atom stereocenters. The Labute approximate surface area is 203 Å². The summed E-state index contributed by atoms with van der Waals surface area (Å²) in [6.45, 7) is 4.88. The second-order valence-electron chi connectivity index (χ2n) is 8.50. The van der Waals surface area contributed by atoms with Crippen molar-refractivity contribution in [2.45, 2.75) is 39.2 Å². The molecule has 0 fully saturated rings. The number of nitrogens with zero attached hydrogens (tertiary/aromatic N) is 3. The van der Waals surface area contributed by atoms with Crippen molar-refractivity contribution in [3.05, 3.63) is 59.6 Å². The molecule has 5 rings (SSSR count). The molecule has 0 radical (unpaired) electrons. The molecular weight excluding hydrogens is 448 g/mol. The number of fused-ring (bicyclic) bond motifs is 1. The lowest BCUT2D eigenvalue weighted by Gasteiger charge is -2.35. The number of allylic oxidation sites excluding steroid dienone is 1. The van der Waals surface area contributed by atoms with Gasteiger partial charge in [-0.3, -0.25) is 4.90 Å². The maximum atomic E-state index is 13.1. The predicted octanol–water partition coefficient (Wildman–Crippen LogP) is 5.16. The van der Waals surface area contributed by atoms with E-state index in [1.165, 1.54) is 0 Å². The first-order valence-corrected chi connectivity index (χ1v) is 11.8. The molecule has 2 aliphatic rings. The largest absolute Gasteiger partial charge is 0.497 e. The molecule has 2 aromatic carbocycles. The van der Waals surface area contributed by atoms with Crippen LogP contribution >= 0.6 is 0 Å². The van der Waals surface area contributed by atoms with Crippen molar-refractivity contribution in [2.75, 3.05) is 20.4 Å². The third kappa shape index (κ3) is 4.41. The molecule has 1 N–H and O–H groups in total. The minimum absolute atomic E-state index is 0.140. The van der Waals surface area contributed by atoms with Crippen LogP contribution in [0, 0.1) is 0 Å². The van der Waals surface area contributed by atoms with Gasteiger partial charge in [0.15, 0.2) is 11.5 Å². The van der Waals surface area contributed by atoms with Gasteiger partial charge in [0, 0.05) is 17.8 Å². The summed E-state index contributed by atoms with van der Waals surface area (Å²) in [7, 11) is 1.62. The molecule has 3 aromatic rings. The lowest BCUT2D eigenvalue weighted by atomic mass is 9.94. The number of aromatic nitrogens is 2. The molecule has 0 spiro atoms. The highest BCUT2D eigenvalue weighted by atomic mass is 16.7. The zero-order valence-corrected chi connectivity index (χ0v) is 20.0. The van der Waals surface area contributed by atoms with Gasteiger partial charge in [0.2, 0.25) is 12.6 Å². The number of benzene rings is 2. The van der Waals surface area contributed by atoms with Gasteiger partial charge in [-0.2, -0.15) is 4.98 Å². The predicted molar refractivity (Wildman–Crippen MR) is 129 cm³/mol. The topological polar surface area (TPSA) is 99.0 Å². The van der Waals surface area contributed by atoms with Gasteiger partial charge in [0.05, 0.1) is 18.7 Å². The summed E-state index contributed by atoms with van der Waals surface area (Å²) in [5.74, 6) is 2.86. The van der Waals surface area contributed by atoms with E-state index in [1.54, 1.807) is 12.0 Å². The maximum Gasteiger partial charge on any atom is 0.322 e. The zero-order valence-electron chi connectivity index (χ0n) is 20.0. The van der Waals surface area contributed by atoms with Crippen molar-refractivity contribution in [1.29, 1.82) is 0 Å². The summed E-state index contributed by atoms with van der Waals surface area (Å²) in [5.41, 5.74) is 3.21. The molecule has 2 aliphatic heterocycles. The number of nitrogens with one attached hydrogen (secondary N) is 1. The molecule has 3 heterocycles. The van der Waals surface area contributed by atoms with Crippen molar-refractivity contribution in [3.63, 3.8) is 0 Å². The standard InChI is InChI=1S/C26H28N4O5/c1-4-5-6-13-30-16(2)22(23(27-26(30)31)17-7-10-19(32-3)11-8-17)25-28-24(29-35-25)18-9-12-20-21(14-18)34-15-33-20/h7-12,14,23H,4-6,13,15H2,1-3H3,(H,27,31). The number of hydrogen-bond acceptors (Lipinski definition) is 7. The summed E-state index contributed by atoms with van der Waals surface area (Å²) >= 11 is 0. The fourth-order valence-electron chi connectivity index (χ4n) is 4.38. The normalized spacial score (nSPS) is 17.1. The first-order valence-electron chi connectivity index (χ1n) is 11.8. The van der Waals surface area contributed by atoms with Gasteiger partial charge in [-0.1, -0.05) is 37.1 Å². The van der Waals surface area contributed by atoms with Crippen LogP contribution in [0.3, 0.4) is 0 Å². The highest BCUT2D eigenvalue weighted by molar-refractivity contribution is 5.87. The van der Waals surface area contributed by atoms with Crippen LogP contribution in [-0.2, 0) is 0 Å². The van der Waals surface area contributed by atoms with Crippen LogP contribution in [0.15, 0.2) is 52.7 Å². The highest BCUT2D eigenvalue weighted by Gasteiger charge is 2.35. The van der Waals surface area contributed by atoms with Crippen LogP contribution in [0.1, 0.15) is 50.6 Å². The summed E-state index contributed by atoms with van der Waals surface area (Å²) in [6.07, 6.45) is 3.03. The van der Waals surface area contributed by atoms with Crippen molar-refractivity contribution >= 4 is 11.6 Å². The number of rotatable bonds is 8. The molecular formula is C26H28N4O5. The van der Waals surface area contributed by atoms with Crippen molar-refractivity contribution in [3.8, 4) is 28.6 Å². The van der Waals surface area contributed by atoms with Gasteiger partial charge >= 0.3 is 6.03 Å². The molecule has 2 amide bonds. The Bertz CT molecular complexity index is 1250. The van der Waals surface area contributed by atoms with Gasteiger partial charge in [-0.15, -0.1) is 0 Å². The number of amides is 2. The fraction of sp³-hybridized carbons (Fsp3) is 0.346. The van der Waals surface area contributed by atoms with Gasteiger partial charge in [-0.05, 0) is 49.2 Å². The number of unbranched alkanes of at least 4 members (excludes halogenated alkanes) is 2. The summed E-state index contributed by atoms with van der Waals surface area (Å²) in [4.78, 5) is 19.6. The van der Waals surface area contributed by atoms with Gasteiger partial charge in [0.25, 0.3) is 5.89 Å². The van der Waals surface area contributed by atoms with E-state index in [-0.39, 0.29) is 12.8 Å². The number of methoxy groups -OCH3 is 1. The lowest BCUT2D eigenvalue weighted by Crippen LogP contribution is -2.46. The number of hydrogen-bond donors (Lipinski definition) is 1. The number of urea groups is 1. The Morgan fingerprint density at radius 3 is 2.69 bits per heavy atom. The third-order valence-electron chi connectivity index (χ3n) is 6.32. The van der Waals surface area contributed by atoms with E-state index in [1.807, 2.05) is 49.4 Å². The monoisotopic (exact) mass is 476 g/mol. The average Bonchev–Trinajstić information content (AvgIpc) is 3.55. The molecule has 0 aliphatic carbocycles. The highest BCUT2D eigenvalue weighted by Crippen LogP contribution is 2.39. The Kier molecular flexibility index (Phi) is 6.31. The minimum Gasteiger partial charge on any atom is -0.497 e. The Morgan fingerprint density at radius 1 is 1.11 bits per heavy atom. The van der Waals surface area contributed by atoms with E-state index in [4.69, 9.17) is 23.7 Å². The Morgan fingerprint density at radius 2 is 1.91 bits per heavy atom. The average molecular weight is 477 g/mol. The van der Waals surface area contributed by atoms with Crippen LogP contribution in [0.25, 0.3) is 17.0 Å². The van der Waals surface area contributed by atoms with E-state index >= 15 is 0 Å². The van der Waals surface area contributed by atoms with E-state index in [0.717, 1.165) is 47.4 Å². The number of ether oxygens (including phenoxy) is 3. The van der Waals surface area contributed by atoms with E-state index in [9.17, 15) is 4.79 Å². The van der Waals surface area contributed by atoms with Gasteiger partial charge in [-0.25, -0.2) is 4.79 Å². The Balaban J connectivity index is 1.54. The van der Waals surface area contributed by atoms with Crippen molar-refractivity contribution < 1.29 is 23.5 Å². The van der Waals surface area contributed by atoms with Crippen LogP contribution in [-0.4, -0.2) is 41.5 Å². The van der Waals surface area contributed by atoms with E-state index in [2.05, 4.69) is 17.4 Å². The van der Waals surface area contributed by atoms with Crippen LogP contribution in [0.5, 0.6) is 17.2 Å². The van der Waals surface area contributed by atoms with E-state index in [0.29, 0.717) is 29.8 Å². The quantitative estimate of drug-likeness (QED) is 0.448. The molecule has 0 bridgehead atoms. The smallest absolute Gasteiger partial charge is 0.322 e. The summed E-state index contributed by atoms with van der Waals surface area (Å²) in [6, 6.07) is 12.5. The number of carbonyl (C=O) groups is 1. The SMILES string of the molecule is CCCCCN1C(=O)NC(c2ccc(OC)cc2)C(c2nc(-c3ccc4c(c3)OCO4)no2)=C1C. The molecule has 182 valence electrons. The second-order valence-corrected chi connectivity index (χ2v) is 8.50. The molecule has 35 heavy (non-hydrogen) atoms. The molecule has 1 unspecified atom stereocenters. The Hall–Kier alpha value is -4.01. The molecule has 9 nitrogen and oxygen atoms in total. The van der Waals surface area contributed by atoms with Crippen LogP contribution < -0.4 is 19.5 Å². The molecule has 9 heteroatoms. The third-order valence-corrected chi connectivity index (χ3v) is 6.32. The van der Waals surface area contributed by atoms with Crippen molar-refractivity contribution in [1.82, 2.24) is 20.4 Å². The number of carbonyl (C=O) groups excluding carboxylic acids is 1. The lowest BCUT2D eigenvalue weighted by molar-refractivity contribution is 0.174. The minimum atomic E-state index is -0.444. The van der Waals surface area contributed by atoms with Crippen LogP contribution in [0.4, 0.5) is 4.79 Å². The first-order chi connectivity index (χ1) is 17.1. The molecule has 0 saturated heterocycles. The maximum absolute atomic E-state index is 13.1. The van der Waals surface area contributed by atoms with Gasteiger partial charge in [0.1, 0.15) is 5.75 Å². The van der Waals surface area contributed by atoms with Gasteiger partial charge < -0.3 is 24.1 Å². The van der Waals surface area contributed by atoms with Crippen LogP contribution in [0.2, 0.25) is 0 Å². The van der Waals surface area contributed by atoms with Crippen molar-refractivity contribution in [2.24, 2.45) is 0 Å². The first kappa shape index (κ1) is 22.8. The molecule has 0 saturated carbocycles. The molecule has 1 aromatic heterocycles. The summed E-state index contributed by atoms with van der Waals surface area (Å²) in [5, 5.41) is 7.36. The fourth-order valence-corrected chi connectivity index (χ4v) is 4.38. The summed E-state index contributed by atoms with van der Waals surface area (Å²) < 4.78 is 21.9. The zero-order chi connectivity index (χ0) is 24.4. The van der Waals surface area contributed by atoms with E-state index < -0.39 is 6.04 Å². The second kappa shape index (κ2) is 9.69.